The smallest absolute Gasteiger partial charge is 0.338 e. The summed E-state index contributed by atoms with van der Waals surface area (Å²) in [6.07, 6.45) is 0. The zero-order chi connectivity index (χ0) is 15.7. The Morgan fingerprint density at radius 2 is 2.14 bits per heavy atom. The first-order chi connectivity index (χ1) is 10.6. The molecule has 8 heteroatoms. The van der Waals surface area contributed by atoms with E-state index in [0.29, 0.717) is 22.8 Å². The second-order valence-electron chi connectivity index (χ2n) is 4.79. The molecule has 0 bridgehead atoms. The molecule has 114 valence electrons. The van der Waals surface area contributed by atoms with Gasteiger partial charge in [0.1, 0.15) is 11.9 Å². The van der Waals surface area contributed by atoms with Crippen molar-refractivity contribution in [3.63, 3.8) is 0 Å². The standard InChI is InChI=1S/C14H14FN5O2/c1-3-22-13(21)11-8(2)16-14-17-18-19-20(14)12(11)9-4-6-10(15)7-5-9/h4-7,12H,3H2,1-2H3,(H,16,17,19)/t12-/m1/s1. The van der Waals surface area contributed by atoms with E-state index in [1.165, 1.54) is 16.8 Å². The molecule has 1 aliphatic heterocycles. The van der Waals surface area contributed by atoms with E-state index in [4.69, 9.17) is 4.74 Å². The van der Waals surface area contributed by atoms with Gasteiger partial charge in [0.15, 0.2) is 0 Å². The zero-order valence-electron chi connectivity index (χ0n) is 12.1. The number of ether oxygens (including phenoxy) is 1. The Bertz CT molecular complexity index is 738. The lowest BCUT2D eigenvalue weighted by Gasteiger charge is -2.27. The highest BCUT2D eigenvalue weighted by Gasteiger charge is 2.34. The van der Waals surface area contributed by atoms with Gasteiger partial charge in [-0.2, -0.15) is 4.68 Å². The van der Waals surface area contributed by atoms with Gasteiger partial charge in [-0.25, -0.2) is 9.18 Å². The summed E-state index contributed by atoms with van der Waals surface area (Å²) in [5.41, 5.74) is 1.70. The van der Waals surface area contributed by atoms with Gasteiger partial charge in [0.05, 0.1) is 12.2 Å². The molecule has 0 spiro atoms. The fraction of sp³-hybridized carbons (Fsp3) is 0.286. The number of hydrogen-bond acceptors (Lipinski definition) is 6. The maximum absolute atomic E-state index is 13.2. The second kappa shape index (κ2) is 5.55. The van der Waals surface area contributed by atoms with Crippen molar-refractivity contribution in [1.82, 2.24) is 20.2 Å². The molecule has 7 nitrogen and oxygen atoms in total. The third-order valence-electron chi connectivity index (χ3n) is 3.40. The van der Waals surface area contributed by atoms with E-state index in [-0.39, 0.29) is 12.4 Å². The number of carbonyl (C=O) groups is 1. The van der Waals surface area contributed by atoms with Crippen LogP contribution in [0.1, 0.15) is 25.5 Å². The lowest BCUT2D eigenvalue weighted by molar-refractivity contribution is -0.139. The van der Waals surface area contributed by atoms with E-state index in [1.54, 1.807) is 26.0 Å². The van der Waals surface area contributed by atoms with Crippen LogP contribution in [0.5, 0.6) is 0 Å². The summed E-state index contributed by atoms with van der Waals surface area (Å²) in [6, 6.07) is 5.30. The highest BCUT2D eigenvalue weighted by molar-refractivity contribution is 5.92. The fourth-order valence-corrected chi connectivity index (χ4v) is 2.44. The Kier molecular flexibility index (Phi) is 3.58. The lowest BCUT2D eigenvalue weighted by atomic mass is 9.96. The van der Waals surface area contributed by atoms with Crippen LogP contribution in [0.15, 0.2) is 35.5 Å². The number of allylic oxidation sites excluding steroid dienone is 1. The van der Waals surface area contributed by atoms with Crippen LogP contribution in [0.2, 0.25) is 0 Å². The van der Waals surface area contributed by atoms with E-state index in [2.05, 4.69) is 20.8 Å². The van der Waals surface area contributed by atoms with Crippen molar-refractivity contribution in [2.24, 2.45) is 0 Å². The van der Waals surface area contributed by atoms with Gasteiger partial charge in [0.25, 0.3) is 0 Å². The average Bonchev–Trinajstić information content (AvgIpc) is 2.94. The summed E-state index contributed by atoms with van der Waals surface area (Å²) in [5, 5.41) is 14.4. The minimum Gasteiger partial charge on any atom is -0.463 e. The number of carbonyl (C=O) groups excluding carboxylic acids is 1. The molecule has 22 heavy (non-hydrogen) atoms. The van der Waals surface area contributed by atoms with Gasteiger partial charge in [-0.3, -0.25) is 0 Å². The highest BCUT2D eigenvalue weighted by atomic mass is 19.1. The maximum atomic E-state index is 13.2. The van der Waals surface area contributed by atoms with Crippen molar-refractivity contribution >= 4 is 11.9 Å². The van der Waals surface area contributed by atoms with Gasteiger partial charge in [-0.15, -0.1) is 0 Å². The number of anilines is 1. The first kappa shape index (κ1) is 14.2. The molecule has 1 N–H and O–H groups in total. The molecule has 2 heterocycles. The minimum atomic E-state index is -0.564. The second-order valence-corrected chi connectivity index (χ2v) is 4.79. The Morgan fingerprint density at radius 1 is 1.41 bits per heavy atom. The normalized spacial score (nSPS) is 17.0. The molecular formula is C14H14FN5O2. The fourth-order valence-electron chi connectivity index (χ4n) is 2.44. The van der Waals surface area contributed by atoms with Gasteiger partial charge in [0, 0.05) is 5.70 Å². The summed E-state index contributed by atoms with van der Waals surface area (Å²) in [4.78, 5) is 12.3. The Balaban J connectivity index is 2.13. The number of esters is 1. The van der Waals surface area contributed by atoms with E-state index in [0.717, 1.165) is 0 Å². The Labute approximate surface area is 125 Å². The number of rotatable bonds is 3. The summed E-state index contributed by atoms with van der Waals surface area (Å²) in [6.45, 7) is 3.74. The molecule has 0 unspecified atom stereocenters. The van der Waals surface area contributed by atoms with Crippen LogP contribution in [-0.4, -0.2) is 32.8 Å². The molecule has 0 radical (unpaired) electrons. The molecule has 0 amide bonds. The van der Waals surface area contributed by atoms with Crippen molar-refractivity contribution < 1.29 is 13.9 Å². The van der Waals surface area contributed by atoms with Crippen molar-refractivity contribution in [3.05, 3.63) is 46.9 Å². The Hall–Kier alpha value is -2.77. The van der Waals surface area contributed by atoms with Crippen LogP contribution in [0.3, 0.4) is 0 Å². The van der Waals surface area contributed by atoms with E-state index >= 15 is 0 Å². The highest BCUT2D eigenvalue weighted by Crippen LogP contribution is 2.34. The van der Waals surface area contributed by atoms with Gasteiger partial charge < -0.3 is 10.1 Å². The number of benzene rings is 1. The Morgan fingerprint density at radius 3 is 2.82 bits per heavy atom. The number of nitrogens with one attached hydrogen (secondary N) is 1. The number of hydrogen-bond donors (Lipinski definition) is 1. The summed E-state index contributed by atoms with van der Waals surface area (Å²) >= 11 is 0. The summed E-state index contributed by atoms with van der Waals surface area (Å²) in [5.74, 6) is -0.393. The number of nitrogens with zero attached hydrogens (tertiary/aromatic N) is 4. The minimum absolute atomic E-state index is 0.258. The third kappa shape index (κ3) is 2.32. The largest absolute Gasteiger partial charge is 0.463 e. The predicted octanol–water partition coefficient (Wildman–Crippen LogP) is 1.66. The topological polar surface area (TPSA) is 81.9 Å². The quantitative estimate of drug-likeness (QED) is 0.869. The maximum Gasteiger partial charge on any atom is 0.338 e. The van der Waals surface area contributed by atoms with Gasteiger partial charge in [-0.05, 0) is 42.0 Å². The first-order valence-corrected chi connectivity index (χ1v) is 6.80. The first-order valence-electron chi connectivity index (χ1n) is 6.80. The molecule has 0 fully saturated rings. The number of fused-ring (bicyclic) bond motifs is 1. The number of tetrazole rings is 1. The summed E-state index contributed by atoms with van der Waals surface area (Å²) < 4.78 is 19.8. The third-order valence-corrected chi connectivity index (χ3v) is 3.40. The van der Waals surface area contributed by atoms with Crippen LogP contribution >= 0.6 is 0 Å². The molecule has 0 saturated carbocycles. The molecule has 1 atom stereocenters. The van der Waals surface area contributed by atoms with Crippen LogP contribution in [0.4, 0.5) is 10.3 Å². The lowest BCUT2D eigenvalue weighted by Crippen LogP contribution is -2.29. The molecule has 2 aromatic rings. The zero-order valence-corrected chi connectivity index (χ0v) is 12.1. The van der Waals surface area contributed by atoms with Crippen molar-refractivity contribution in [3.8, 4) is 0 Å². The van der Waals surface area contributed by atoms with Crippen LogP contribution in [0, 0.1) is 5.82 Å². The SMILES string of the molecule is CCOC(=O)C1=C(C)Nc2nnnn2[C@@H]1c1ccc(F)cc1. The van der Waals surface area contributed by atoms with Gasteiger partial charge in [-0.1, -0.05) is 17.2 Å². The monoisotopic (exact) mass is 303 g/mol. The van der Waals surface area contributed by atoms with Crippen LogP contribution in [-0.2, 0) is 9.53 Å². The molecule has 1 aliphatic rings. The number of halogens is 1. The molecular weight excluding hydrogens is 289 g/mol. The van der Waals surface area contributed by atoms with Crippen LogP contribution < -0.4 is 5.32 Å². The van der Waals surface area contributed by atoms with E-state index in [9.17, 15) is 9.18 Å². The average molecular weight is 303 g/mol. The number of aromatic nitrogens is 4. The van der Waals surface area contributed by atoms with Crippen molar-refractivity contribution in [2.75, 3.05) is 11.9 Å². The molecule has 1 aromatic carbocycles. The van der Waals surface area contributed by atoms with E-state index < -0.39 is 12.0 Å². The van der Waals surface area contributed by atoms with E-state index in [1.807, 2.05) is 0 Å². The molecule has 0 saturated heterocycles. The van der Waals surface area contributed by atoms with Crippen molar-refractivity contribution in [2.45, 2.75) is 19.9 Å². The molecule has 3 rings (SSSR count). The van der Waals surface area contributed by atoms with Crippen molar-refractivity contribution in [1.29, 1.82) is 0 Å². The van der Waals surface area contributed by atoms with Crippen LogP contribution in [0.25, 0.3) is 0 Å². The summed E-state index contributed by atoms with van der Waals surface area (Å²) in [7, 11) is 0. The predicted molar refractivity (Wildman–Crippen MR) is 75.3 cm³/mol. The molecule has 0 aliphatic carbocycles. The van der Waals surface area contributed by atoms with Gasteiger partial charge >= 0.3 is 5.97 Å². The molecule has 1 aromatic heterocycles. The van der Waals surface area contributed by atoms with Gasteiger partial charge in [0.2, 0.25) is 5.95 Å².